The third-order valence-electron chi connectivity index (χ3n) is 6.60. The average Bonchev–Trinajstić information content (AvgIpc) is 3.43. The van der Waals surface area contributed by atoms with Gasteiger partial charge < -0.3 is 23.9 Å². The summed E-state index contributed by atoms with van der Waals surface area (Å²) < 4.78 is 31.2. The molecule has 1 saturated heterocycles. The van der Waals surface area contributed by atoms with Crippen LogP contribution in [0.25, 0.3) is 11.2 Å². The lowest BCUT2D eigenvalue weighted by Gasteiger charge is -2.26. The standard InChI is InChI=1S/C22H25N4O7P/c1-22(2)32-18-15(10-31-34(28)29-8-13-5-3-4-6-14(13)9-30-34)7-16(19(18)33-22)26-12-25-17-20(26)23-11-24-21(17)27/h3-6,11-12,15-16,18-19H,7-10H2,1-2H3,(H,23,24,27)/t15-,16-,18-,19+/m1/s1. The van der Waals surface area contributed by atoms with Crippen LogP contribution < -0.4 is 10.5 Å². The minimum absolute atomic E-state index is 0.103. The highest BCUT2D eigenvalue weighted by atomic mass is 31.2. The number of phosphoric acid groups is 1. The second-order valence-corrected chi connectivity index (χ2v) is 10.9. The third-order valence-corrected chi connectivity index (χ3v) is 7.95. The van der Waals surface area contributed by atoms with Gasteiger partial charge in [-0.15, -0.1) is 0 Å². The largest absolute Gasteiger partial charge is 0.606 e. The van der Waals surface area contributed by atoms with Crippen LogP contribution in [-0.4, -0.2) is 44.1 Å². The molecular weight excluding hydrogens is 463 g/mol. The number of hydrogen-bond acceptors (Lipinski definition) is 9. The van der Waals surface area contributed by atoms with E-state index in [1.54, 1.807) is 6.33 Å². The van der Waals surface area contributed by atoms with E-state index in [-0.39, 0.29) is 55.1 Å². The number of fused-ring (bicyclic) bond motifs is 3. The smallest absolute Gasteiger partial charge is 0.380 e. The Balaban J connectivity index is 1.22. The Bertz CT molecular complexity index is 1250. The molecule has 3 aliphatic rings. The van der Waals surface area contributed by atoms with Gasteiger partial charge in [0.1, 0.15) is 25.9 Å². The minimum atomic E-state index is -3.76. The SMILES string of the molecule is CC1(C)O[C@@H]2[C@@H](CO[P+]3([O-])OCc4ccccc4CO3)C[C@@H](n3cnc4c(=O)[nH]cnc43)[C@@H]2O1. The first-order valence-electron chi connectivity index (χ1n) is 11.2. The van der Waals surface area contributed by atoms with Crippen LogP contribution in [0.15, 0.2) is 41.7 Å². The second-order valence-electron chi connectivity index (χ2n) is 9.24. The van der Waals surface area contributed by atoms with E-state index in [9.17, 15) is 9.69 Å². The molecule has 11 nitrogen and oxygen atoms in total. The van der Waals surface area contributed by atoms with Gasteiger partial charge in [-0.1, -0.05) is 24.3 Å². The Kier molecular flexibility index (Phi) is 5.34. The van der Waals surface area contributed by atoms with Crippen molar-refractivity contribution >= 4 is 19.3 Å². The van der Waals surface area contributed by atoms with E-state index in [1.165, 1.54) is 6.33 Å². The van der Waals surface area contributed by atoms with E-state index in [0.717, 1.165) is 11.1 Å². The Morgan fingerprint density at radius 2 is 1.88 bits per heavy atom. The van der Waals surface area contributed by atoms with Crippen LogP contribution >= 0.6 is 8.17 Å². The number of nitrogens with one attached hydrogen (secondary N) is 1. The zero-order chi connectivity index (χ0) is 23.5. The van der Waals surface area contributed by atoms with Crippen LogP contribution in [0.2, 0.25) is 0 Å². The number of ether oxygens (including phenoxy) is 2. The van der Waals surface area contributed by atoms with Gasteiger partial charge in [0, 0.05) is 5.92 Å². The molecule has 0 unspecified atom stereocenters. The highest BCUT2D eigenvalue weighted by Gasteiger charge is 2.55. The summed E-state index contributed by atoms with van der Waals surface area (Å²) >= 11 is 0. The van der Waals surface area contributed by atoms with Crippen molar-refractivity contribution in [3.05, 3.63) is 58.4 Å². The number of phosphoric ester groups is 1. The van der Waals surface area contributed by atoms with Gasteiger partial charge in [-0.3, -0.25) is 4.79 Å². The second kappa shape index (κ2) is 8.17. The van der Waals surface area contributed by atoms with E-state index in [2.05, 4.69) is 15.0 Å². The summed E-state index contributed by atoms with van der Waals surface area (Å²) in [5.74, 6) is -0.950. The monoisotopic (exact) mass is 488 g/mol. The Morgan fingerprint density at radius 1 is 1.18 bits per heavy atom. The van der Waals surface area contributed by atoms with Gasteiger partial charge in [0.15, 0.2) is 17.0 Å². The average molecular weight is 488 g/mol. The van der Waals surface area contributed by atoms with Crippen LogP contribution in [0.3, 0.4) is 0 Å². The molecule has 0 bridgehead atoms. The Hall–Kier alpha value is -2.24. The molecule has 2 aromatic heterocycles. The van der Waals surface area contributed by atoms with Gasteiger partial charge >= 0.3 is 8.17 Å². The maximum absolute atomic E-state index is 13.2. The summed E-state index contributed by atoms with van der Waals surface area (Å²) in [6.45, 7) is 4.12. The van der Waals surface area contributed by atoms with Crippen LogP contribution in [0.5, 0.6) is 0 Å². The molecule has 1 N–H and O–H groups in total. The fourth-order valence-corrected chi connectivity index (χ4v) is 6.23. The molecule has 34 heavy (non-hydrogen) atoms. The third kappa shape index (κ3) is 3.87. The van der Waals surface area contributed by atoms with Crippen molar-refractivity contribution in [2.24, 2.45) is 5.92 Å². The molecule has 4 atom stereocenters. The van der Waals surface area contributed by atoms with Gasteiger partial charge in [-0.25, -0.2) is 9.97 Å². The van der Waals surface area contributed by atoms with Crippen LogP contribution in [0, 0.1) is 5.92 Å². The van der Waals surface area contributed by atoms with Gasteiger partial charge in [0.2, 0.25) is 0 Å². The van der Waals surface area contributed by atoms with Crippen molar-refractivity contribution in [2.75, 3.05) is 6.61 Å². The van der Waals surface area contributed by atoms with Gasteiger partial charge in [-0.05, 0) is 31.4 Å². The number of benzene rings is 1. The lowest BCUT2D eigenvalue weighted by molar-refractivity contribution is -0.252. The zero-order valence-electron chi connectivity index (χ0n) is 18.7. The normalized spacial score (nSPS) is 29.6. The number of hydrogen-bond donors (Lipinski definition) is 1. The first kappa shape index (κ1) is 22.2. The van der Waals surface area contributed by atoms with E-state index in [0.29, 0.717) is 12.1 Å². The fourth-order valence-electron chi connectivity index (χ4n) is 5.03. The molecule has 2 aliphatic heterocycles. The molecule has 6 rings (SSSR count). The molecule has 2 fully saturated rings. The summed E-state index contributed by atoms with van der Waals surface area (Å²) in [6, 6.07) is 7.45. The molecule has 4 heterocycles. The molecule has 0 spiro atoms. The topological polar surface area (TPSA) is 133 Å². The van der Waals surface area contributed by atoms with E-state index in [4.69, 9.17) is 23.0 Å². The van der Waals surface area contributed by atoms with E-state index < -0.39 is 14.0 Å². The van der Waals surface area contributed by atoms with Crippen molar-refractivity contribution in [1.29, 1.82) is 0 Å². The number of rotatable bonds is 4. The molecule has 3 aromatic rings. The minimum Gasteiger partial charge on any atom is -0.606 e. The Labute approximate surface area is 195 Å². The summed E-state index contributed by atoms with van der Waals surface area (Å²) in [7, 11) is -3.76. The summed E-state index contributed by atoms with van der Waals surface area (Å²) in [5.41, 5.74) is 2.29. The number of H-pyrrole nitrogens is 1. The summed E-state index contributed by atoms with van der Waals surface area (Å²) in [4.78, 5) is 36.4. The van der Waals surface area contributed by atoms with Crippen LogP contribution in [0.1, 0.15) is 37.4 Å². The maximum Gasteiger partial charge on any atom is 0.380 e. The molecule has 0 amide bonds. The van der Waals surface area contributed by atoms with Gasteiger partial charge in [-0.2, -0.15) is 13.6 Å². The van der Waals surface area contributed by atoms with Crippen molar-refractivity contribution in [1.82, 2.24) is 19.5 Å². The highest BCUT2D eigenvalue weighted by Crippen LogP contribution is 2.58. The summed E-state index contributed by atoms with van der Waals surface area (Å²) in [6.07, 6.45) is 2.92. The summed E-state index contributed by atoms with van der Waals surface area (Å²) in [5, 5.41) is 0. The fraction of sp³-hybridized carbons (Fsp3) is 0.500. The number of aromatic amines is 1. The maximum atomic E-state index is 13.2. The predicted octanol–water partition coefficient (Wildman–Crippen LogP) is 2.00. The van der Waals surface area contributed by atoms with Gasteiger partial charge in [0.05, 0.1) is 24.8 Å². The van der Waals surface area contributed by atoms with Gasteiger partial charge in [0.25, 0.3) is 5.56 Å². The lowest BCUT2D eigenvalue weighted by atomic mass is 10.1. The first-order chi connectivity index (χ1) is 16.3. The quantitative estimate of drug-likeness (QED) is 0.548. The molecular formula is C22H25N4O7P. The van der Waals surface area contributed by atoms with E-state index >= 15 is 0 Å². The predicted molar refractivity (Wildman–Crippen MR) is 118 cm³/mol. The van der Waals surface area contributed by atoms with Crippen molar-refractivity contribution in [3.63, 3.8) is 0 Å². The van der Waals surface area contributed by atoms with Crippen LogP contribution in [-0.2, 0) is 36.3 Å². The van der Waals surface area contributed by atoms with E-state index in [1.807, 2.05) is 42.7 Å². The number of aromatic nitrogens is 4. The lowest BCUT2D eigenvalue weighted by Crippen LogP contribution is -2.29. The number of nitrogens with zero attached hydrogens (tertiary/aromatic N) is 3. The highest BCUT2D eigenvalue weighted by molar-refractivity contribution is 7.53. The van der Waals surface area contributed by atoms with Crippen molar-refractivity contribution in [2.45, 2.75) is 57.5 Å². The molecule has 1 saturated carbocycles. The number of imidazole rings is 1. The first-order valence-corrected chi connectivity index (χ1v) is 12.6. The molecule has 1 aromatic carbocycles. The molecule has 180 valence electrons. The zero-order valence-corrected chi connectivity index (χ0v) is 19.6. The molecule has 1 aliphatic carbocycles. The molecule has 0 radical (unpaired) electrons. The Morgan fingerprint density at radius 3 is 2.62 bits per heavy atom. The van der Waals surface area contributed by atoms with Crippen LogP contribution in [0.4, 0.5) is 0 Å². The molecule has 12 heteroatoms. The van der Waals surface area contributed by atoms with Crippen molar-refractivity contribution in [3.8, 4) is 0 Å². The van der Waals surface area contributed by atoms with Crippen molar-refractivity contribution < 1.29 is 27.9 Å².